The third kappa shape index (κ3) is 1.18. The maximum atomic E-state index is 10.2. The lowest BCUT2D eigenvalue weighted by Gasteiger charge is -1.98. The van der Waals surface area contributed by atoms with Crippen LogP contribution in [-0.2, 0) is 0 Å². The van der Waals surface area contributed by atoms with Crippen LogP contribution in [0.3, 0.4) is 0 Å². The molecule has 0 amide bonds. The first kappa shape index (κ1) is 5.61. The second-order valence-corrected chi connectivity index (χ2v) is 1.45. The van der Waals surface area contributed by atoms with Gasteiger partial charge in [0.25, 0.3) is 5.56 Å². The van der Waals surface area contributed by atoms with E-state index in [1.807, 2.05) is 9.97 Å². The number of hydrogen-bond donors (Lipinski definition) is 2. The molecule has 0 fully saturated rings. The Morgan fingerprint density at radius 3 is 2.44 bits per heavy atom. The first-order chi connectivity index (χ1) is 4.18. The van der Waals surface area contributed by atoms with Gasteiger partial charge < -0.3 is 10.1 Å². The highest BCUT2D eigenvalue weighted by Gasteiger charge is 1.81. The molecule has 0 bridgehead atoms. The van der Waals surface area contributed by atoms with Gasteiger partial charge in [0.1, 0.15) is 0 Å². The van der Waals surface area contributed by atoms with Crippen molar-refractivity contribution in [2.75, 3.05) is 0 Å². The number of aromatic nitrogens is 2. The van der Waals surface area contributed by atoms with Crippen molar-refractivity contribution in [3.8, 4) is 5.88 Å². The van der Waals surface area contributed by atoms with Crippen LogP contribution >= 0.6 is 0 Å². The predicted octanol–water partition coefficient (Wildman–Crippen LogP) is -1.86. The Morgan fingerprint density at radius 2 is 2.00 bits per heavy atom. The number of H-pyrrole nitrogens is 2. The van der Waals surface area contributed by atoms with Crippen molar-refractivity contribution in [1.82, 2.24) is 9.97 Å². The van der Waals surface area contributed by atoms with Crippen LogP contribution in [0.5, 0.6) is 5.88 Å². The fourth-order valence-corrected chi connectivity index (χ4v) is 0.446. The lowest BCUT2D eigenvalue weighted by Crippen LogP contribution is -2.22. The van der Waals surface area contributed by atoms with E-state index in [4.69, 9.17) is 0 Å². The highest BCUT2D eigenvalue weighted by atomic mass is 16.3. The molecule has 0 aromatic carbocycles. The fourth-order valence-electron chi connectivity index (χ4n) is 0.446. The first-order valence-electron chi connectivity index (χ1n) is 2.19. The van der Waals surface area contributed by atoms with Crippen molar-refractivity contribution >= 4 is 0 Å². The molecule has 0 aliphatic carbocycles. The van der Waals surface area contributed by atoms with Gasteiger partial charge >= 0.3 is 5.69 Å². The molecule has 0 atom stereocenters. The Balaban J connectivity index is 3.52. The Morgan fingerprint density at radius 1 is 1.33 bits per heavy atom. The molecule has 1 rings (SSSR count). The Bertz CT molecular complexity index is 282. The minimum atomic E-state index is -0.771. The zero-order valence-corrected chi connectivity index (χ0v) is 4.30. The predicted molar refractivity (Wildman–Crippen MR) is 27.1 cm³/mol. The van der Waals surface area contributed by atoms with Gasteiger partial charge in [0.05, 0.1) is 0 Å². The minimum Gasteiger partial charge on any atom is -0.860 e. The van der Waals surface area contributed by atoms with E-state index in [1.54, 1.807) is 0 Å². The quantitative estimate of drug-likeness (QED) is 0.428. The molecule has 0 saturated carbocycles. The standard InChI is InChI=1S/C4H4N2O3/c7-2-1-3(8)6-4(9)5-2/h1H,(H3,5,6,7,8,9)/p-1. The van der Waals surface area contributed by atoms with Crippen LogP contribution in [0.15, 0.2) is 15.7 Å². The molecule has 0 unspecified atom stereocenters. The van der Waals surface area contributed by atoms with E-state index >= 15 is 0 Å². The molecule has 1 heterocycles. The fraction of sp³-hybridized carbons (Fsp3) is 0. The molecule has 1 aromatic rings. The number of aromatic amines is 2. The van der Waals surface area contributed by atoms with Crippen LogP contribution in [0.4, 0.5) is 0 Å². The van der Waals surface area contributed by atoms with E-state index in [-0.39, 0.29) is 0 Å². The molecule has 48 valence electrons. The molecule has 5 heteroatoms. The van der Waals surface area contributed by atoms with Gasteiger partial charge in [-0.2, -0.15) is 0 Å². The van der Waals surface area contributed by atoms with Crippen molar-refractivity contribution in [2.45, 2.75) is 0 Å². The summed E-state index contributed by atoms with van der Waals surface area (Å²) >= 11 is 0. The summed E-state index contributed by atoms with van der Waals surface area (Å²) in [5, 5.41) is 10.2. The summed E-state index contributed by atoms with van der Waals surface area (Å²) in [5.74, 6) is -0.677. The third-order valence-corrected chi connectivity index (χ3v) is 0.736. The molecular formula is C4H3N2O3-. The van der Waals surface area contributed by atoms with E-state index in [1.165, 1.54) is 0 Å². The van der Waals surface area contributed by atoms with Gasteiger partial charge in [-0.3, -0.25) is 9.78 Å². The van der Waals surface area contributed by atoms with Crippen LogP contribution in [0.1, 0.15) is 0 Å². The summed E-state index contributed by atoms with van der Waals surface area (Å²) in [7, 11) is 0. The summed E-state index contributed by atoms with van der Waals surface area (Å²) < 4.78 is 0. The lowest BCUT2D eigenvalue weighted by atomic mass is 10.6. The summed E-state index contributed by atoms with van der Waals surface area (Å²) in [4.78, 5) is 24.1. The summed E-state index contributed by atoms with van der Waals surface area (Å²) in [6, 6.07) is 0.765. The summed E-state index contributed by atoms with van der Waals surface area (Å²) in [6.07, 6.45) is 0. The number of hydrogen-bond acceptors (Lipinski definition) is 3. The molecule has 0 saturated heterocycles. The Kier molecular flexibility index (Phi) is 1.11. The van der Waals surface area contributed by atoms with Gasteiger partial charge in [0, 0.05) is 6.07 Å². The molecule has 0 aliphatic rings. The lowest BCUT2D eigenvalue weighted by molar-refractivity contribution is -0.275. The normalized spacial score (nSPS) is 9.33. The van der Waals surface area contributed by atoms with Crippen molar-refractivity contribution in [3.05, 3.63) is 26.9 Å². The van der Waals surface area contributed by atoms with E-state index in [0.717, 1.165) is 6.07 Å². The van der Waals surface area contributed by atoms with Gasteiger partial charge in [-0.15, -0.1) is 0 Å². The maximum absolute atomic E-state index is 10.2. The molecule has 0 spiro atoms. The topological polar surface area (TPSA) is 88.8 Å². The minimum absolute atomic E-state index is 0.677. The van der Waals surface area contributed by atoms with Crippen LogP contribution in [0.25, 0.3) is 0 Å². The Labute approximate surface area is 49.0 Å². The van der Waals surface area contributed by atoms with Gasteiger partial charge in [-0.25, -0.2) is 4.79 Å². The van der Waals surface area contributed by atoms with Crippen LogP contribution < -0.4 is 16.4 Å². The molecule has 9 heavy (non-hydrogen) atoms. The highest BCUT2D eigenvalue weighted by Crippen LogP contribution is 1.80. The largest absolute Gasteiger partial charge is 0.860 e. The Hall–Kier alpha value is -1.52. The third-order valence-electron chi connectivity index (χ3n) is 0.736. The van der Waals surface area contributed by atoms with Crippen molar-refractivity contribution in [1.29, 1.82) is 0 Å². The monoisotopic (exact) mass is 127 g/mol. The second-order valence-electron chi connectivity index (χ2n) is 1.45. The van der Waals surface area contributed by atoms with E-state index in [0.29, 0.717) is 0 Å². The molecular weight excluding hydrogens is 124 g/mol. The molecule has 1 aromatic heterocycles. The maximum Gasteiger partial charge on any atom is 0.325 e. The average molecular weight is 127 g/mol. The van der Waals surface area contributed by atoms with Gasteiger partial charge in [-0.1, -0.05) is 0 Å². The van der Waals surface area contributed by atoms with Gasteiger partial charge in [0.15, 0.2) is 0 Å². The van der Waals surface area contributed by atoms with Crippen molar-refractivity contribution in [2.24, 2.45) is 0 Å². The average Bonchev–Trinajstić information content (AvgIpc) is 1.59. The SMILES string of the molecule is O=c1cc([O-])[nH]c(=O)[nH]1. The van der Waals surface area contributed by atoms with Crippen molar-refractivity contribution in [3.63, 3.8) is 0 Å². The summed E-state index contributed by atoms with van der Waals surface area (Å²) in [6.45, 7) is 0. The molecule has 0 radical (unpaired) electrons. The first-order valence-corrected chi connectivity index (χ1v) is 2.19. The second kappa shape index (κ2) is 1.77. The van der Waals surface area contributed by atoms with Crippen LogP contribution in [0.2, 0.25) is 0 Å². The number of rotatable bonds is 0. The number of nitrogens with one attached hydrogen (secondary N) is 2. The van der Waals surface area contributed by atoms with Crippen LogP contribution in [0, 0.1) is 0 Å². The van der Waals surface area contributed by atoms with Gasteiger partial charge in [-0.05, 0) is 5.88 Å². The molecule has 0 aliphatic heterocycles. The zero-order chi connectivity index (χ0) is 6.85. The van der Waals surface area contributed by atoms with E-state index < -0.39 is 17.1 Å². The highest BCUT2D eigenvalue weighted by molar-refractivity contribution is 4.99. The van der Waals surface area contributed by atoms with Crippen LogP contribution in [-0.4, -0.2) is 9.97 Å². The van der Waals surface area contributed by atoms with Gasteiger partial charge in [0.2, 0.25) is 0 Å². The molecule has 5 nitrogen and oxygen atoms in total. The zero-order valence-electron chi connectivity index (χ0n) is 4.30. The van der Waals surface area contributed by atoms with E-state index in [2.05, 4.69) is 0 Å². The molecule has 2 N–H and O–H groups in total. The van der Waals surface area contributed by atoms with Crippen molar-refractivity contribution < 1.29 is 5.11 Å². The summed E-state index contributed by atoms with van der Waals surface area (Å²) in [5.41, 5.74) is -1.45. The smallest absolute Gasteiger partial charge is 0.325 e. The van der Waals surface area contributed by atoms with E-state index in [9.17, 15) is 14.7 Å².